The average Bonchev–Trinajstić information content (AvgIpc) is 2.81. The van der Waals surface area contributed by atoms with Crippen LogP contribution in [0.3, 0.4) is 0 Å². The molecule has 4 aromatic rings. The van der Waals surface area contributed by atoms with Gasteiger partial charge in [0.15, 0.2) is 5.43 Å². The van der Waals surface area contributed by atoms with Crippen molar-refractivity contribution < 1.29 is 13.9 Å². The summed E-state index contributed by atoms with van der Waals surface area (Å²) in [5.41, 5.74) is 4.24. The van der Waals surface area contributed by atoms with Crippen molar-refractivity contribution in [1.29, 1.82) is 0 Å². The van der Waals surface area contributed by atoms with Crippen molar-refractivity contribution in [2.45, 2.75) is 53.2 Å². The van der Waals surface area contributed by atoms with Crippen molar-refractivity contribution in [3.05, 3.63) is 99.2 Å². The van der Waals surface area contributed by atoms with E-state index in [2.05, 4.69) is 5.32 Å². The second-order valence-electron chi connectivity index (χ2n) is 9.90. The van der Waals surface area contributed by atoms with E-state index in [-0.39, 0.29) is 11.5 Å². The van der Waals surface area contributed by atoms with Gasteiger partial charge in [-0.1, -0.05) is 48.5 Å². The number of anilines is 1. The van der Waals surface area contributed by atoms with Crippen molar-refractivity contribution >= 4 is 22.6 Å². The molecule has 1 heterocycles. The number of para-hydroxylation sites is 1. The fourth-order valence-electron chi connectivity index (χ4n) is 4.19. The van der Waals surface area contributed by atoms with E-state index in [1.807, 2.05) is 95.3 Å². The molecule has 1 aromatic heterocycles. The van der Waals surface area contributed by atoms with E-state index < -0.39 is 11.6 Å². The number of rotatable bonds is 5. The third-order valence-corrected chi connectivity index (χ3v) is 5.81. The molecule has 0 aliphatic heterocycles. The molecule has 0 radical (unpaired) electrons. The number of ether oxygens (including phenoxy) is 1. The molecule has 4 rings (SSSR count). The number of carbonyl (C=O) groups excluding carboxylic acids is 1. The van der Waals surface area contributed by atoms with Crippen LogP contribution < -0.4 is 10.7 Å². The molecular weight excluding hydrogens is 438 g/mol. The van der Waals surface area contributed by atoms with E-state index >= 15 is 0 Å². The Balaban J connectivity index is 1.81. The molecule has 0 spiro atoms. The lowest BCUT2D eigenvalue weighted by Gasteiger charge is -2.23. The van der Waals surface area contributed by atoms with Gasteiger partial charge in [-0.2, -0.15) is 0 Å². The van der Waals surface area contributed by atoms with Gasteiger partial charge in [-0.15, -0.1) is 0 Å². The third kappa shape index (κ3) is 5.14. The molecule has 1 unspecified atom stereocenters. The Morgan fingerprint density at radius 2 is 1.63 bits per heavy atom. The highest BCUT2D eigenvalue weighted by atomic mass is 16.6. The molecule has 1 N–H and O–H groups in total. The zero-order chi connectivity index (χ0) is 25.3. The molecule has 0 aliphatic carbocycles. The Morgan fingerprint density at radius 3 is 2.31 bits per heavy atom. The van der Waals surface area contributed by atoms with E-state index in [4.69, 9.17) is 9.15 Å². The Labute approximate surface area is 205 Å². The number of esters is 1. The molecular formula is C30H31NO4. The van der Waals surface area contributed by atoms with Gasteiger partial charge in [-0.25, -0.2) is 4.79 Å². The van der Waals surface area contributed by atoms with Gasteiger partial charge in [-0.3, -0.25) is 4.79 Å². The SMILES string of the molecule is Cc1cc(C(C)Nc2ccccc2C(=O)OC(C)(C)C)c2oc(-c3ccccc3)c(C)c(=O)c2c1. The van der Waals surface area contributed by atoms with Crippen LogP contribution >= 0.6 is 0 Å². The zero-order valence-corrected chi connectivity index (χ0v) is 21.1. The number of benzene rings is 3. The highest BCUT2D eigenvalue weighted by Gasteiger charge is 2.23. The number of nitrogens with one attached hydrogen (secondary N) is 1. The van der Waals surface area contributed by atoms with Gasteiger partial charge in [0.2, 0.25) is 0 Å². The topological polar surface area (TPSA) is 68.5 Å². The minimum absolute atomic E-state index is 0.0450. The van der Waals surface area contributed by atoms with Gasteiger partial charge in [0.05, 0.1) is 17.0 Å². The zero-order valence-electron chi connectivity index (χ0n) is 21.1. The number of aryl methyl sites for hydroxylation is 1. The van der Waals surface area contributed by atoms with E-state index in [9.17, 15) is 9.59 Å². The predicted molar refractivity (Wildman–Crippen MR) is 141 cm³/mol. The summed E-state index contributed by atoms with van der Waals surface area (Å²) >= 11 is 0. The lowest BCUT2D eigenvalue weighted by molar-refractivity contribution is 0.00706. The summed E-state index contributed by atoms with van der Waals surface area (Å²) in [4.78, 5) is 26.2. The van der Waals surface area contributed by atoms with E-state index in [1.54, 1.807) is 13.0 Å². The second-order valence-corrected chi connectivity index (χ2v) is 9.90. The Kier molecular flexibility index (Phi) is 6.53. The smallest absolute Gasteiger partial charge is 0.340 e. The fourth-order valence-corrected chi connectivity index (χ4v) is 4.19. The number of hydrogen-bond acceptors (Lipinski definition) is 5. The highest BCUT2D eigenvalue weighted by molar-refractivity contribution is 5.96. The summed E-state index contributed by atoms with van der Waals surface area (Å²) in [6.45, 7) is 11.3. The largest absolute Gasteiger partial charge is 0.456 e. The summed E-state index contributed by atoms with van der Waals surface area (Å²) in [5, 5.41) is 3.99. The van der Waals surface area contributed by atoms with Crippen LogP contribution in [-0.2, 0) is 4.74 Å². The normalized spacial score (nSPS) is 12.4. The molecule has 5 heteroatoms. The fraction of sp³-hybridized carbons (Fsp3) is 0.267. The molecule has 35 heavy (non-hydrogen) atoms. The first-order valence-electron chi connectivity index (χ1n) is 11.8. The summed E-state index contributed by atoms with van der Waals surface area (Å²) in [6.07, 6.45) is 0. The quantitative estimate of drug-likeness (QED) is 0.313. The third-order valence-electron chi connectivity index (χ3n) is 5.81. The first-order chi connectivity index (χ1) is 16.5. The van der Waals surface area contributed by atoms with Crippen molar-refractivity contribution in [2.24, 2.45) is 0 Å². The second kappa shape index (κ2) is 9.41. The van der Waals surface area contributed by atoms with Crippen LogP contribution in [0.1, 0.15) is 60.8 Å². The number of carbonyl (C=O) groups is 1. The molecule has 5 nitrogen and oxygen atoms in total. The van der Waals surface area contributed by atoms with E-state index in [1.165, 1.54) is 0 Å². The summed E-state index contributed by atoms with van der Waals surface area (Å²) in [6, 6.07) is 20.6. The summed E-state index contributed by atoms with van der Waals surface area (Å²) in [5.74, 6) is 0.171. The molecule has 0 aliphatic rings. The average molecular weight is 470 g/mol. The van der Waals surface area contributed by atoms with Crippen LogP contribution in [-0.4, -0.2) is 11.6 Å². The molecule has 3 aromatic carbocycles. The Bertz CT molecular complexity index is 1450. The van der Waals surface area contributed by atoms with Gasteiger partial charge >= 0.3 is 5.97 Å². The van der Waals surface area contributed by atoms with Gasteiger partial charge in [-0.05, 0) is 65.3 Å². The minimum Gasteiger partial charge on any atom is -0.456 e. The molecule has 1 atom stereocenters. The lowest BCUT2D eigenvalue weighted by Crippen LogP contribution is -2.24. The summed E-state index contributed by atoms with van der Waals surface area (Å²) < 4.78 is 12.0. The monoisotopic (exact) mass is 469 g/mol. The van der Waals surface area contributed by atoms with Gasteiger partial charge in [0.1, 0.15) is 16.9 Å². The van der Waals surface area contributed by atoms with Crippen molar-refractivity contribution in [2.75, 3.05) is 5.32 Å². The van der Waals surface area contributed by atoms with Crippen LogP contribution in [0.25, 0.3) is 22.3 Å². The van der Waals surface area contributed by atoms with Crippen LogP contribution in [0.4, 0.5) is 5.69 Å². The van der Waals surface area contributed by atoms with Gasteiger partial charge in [0, 0.05) is 22.4 Å². The standard InChI is InChI=1S/C30H31NO4/c1-18-16-23(20(3)31-25-15-11-10-14-22(25)29(33)35-30(4,5)6)28-24(17-18)26(32)19(2)27(34-28)21-12-8-7-9-13-21/h7-17,20,31H,1-6H3. The van der Waals surface area contributed by atoms with Crippen molar-refractivity contribution in [1.82, 2.24) is 0 Å². The molecule has 0 bridgehead atoms. The van der Waals surface area contributed by atoms with E-state index in [0.29, 0.717) is 33.5 Å². The molecule has 0 fully saturated rings. The van der Waals surface area contributed by atoms with E-state index in [0.717, 1.165) is 16.7 Å². The predicted octanol–water partition coefficient (Wildman–Crippen LogP) is 7.21. The van der Waals surface area contributed by atoms with Crippen molar-refractivity contribution in [3.63, 3.8) is 0 Å². The molecule has 0 amide bonds. The highest BCUT2D eigenvalue weighted by Crippen LogP contribution is 2.33. The Hall–Kier alpha value is -3.86. The van der Waals surface area contributed by atoms with Crippen LogP contribution in [0, 0.1) is 13.8 Å². The van der Waals surface area contributed by atoms with Gasteiger partial charge < -0.3 is 14.5 Å². The lowest BCUT2D eigenvalue weighted by atomic mass is 9.98. The minimum atomic E-state index is -0.600. The number of fused-ring (bicyclic) bond motifs is 1. The van der Waals surface area contributed by atoms with Crippen LogP contribution in [0.2, 0.25) is 0 Å². The first-order valence-corrected chi connectivity index (χ1v) is 11.8. The van der Waals surface area contributed by atoms with Crippen molar-refractivity contribution in [3.8, 4) is 11.3 Å². The maximum atomic E-state index is 13.3. The van der Waals surface area contributed by atoms with Crippen LogP contribution in [0.15, 0.2) is 75.9 Å². The maximum Gasteiger partial charge on any atom is 0.340 e. The molecule has 0 saturated heterocycles. The summed E-state index contributed by atoms with van der Waals surface area (Å²) in [7, 11) is 0. The molecule has 0 saturated carbocycles. The first kappa shape index (κ1) is 24.3. The number of hydrogen-bond donors (Lipinski definition) is 1. The molecule has 180 valence electrons. The van der Waals surface area contributed by atoms with Crippen LogP contribution in [0.5, 0.6) is 0 Å². The van der Waals surface area contributed by atoms with Gasteiger partial charge in [0.25, 0.3) is 0 Å². The Morgan fingerprint density at radius 1 is 0.971 bits per heavy atom. The maximum absolute atomic E-state index is 13.3.